The lowest BCUT2D eigenvalue weighted by molar-refractivity contribution is -0.00825. The maximum Gasteiger partial charge on any atom is 0.342 e. The summed E-state index contributed by atoms with van der Waals surface area (Å²) in [7, 11) is 1.50. The molecule has 2 aromatic rings. The van der Waals surface area contributed by atoms with E-state index in [-0.39, 0.29) is 6.10 Å². The van der Waals surface area contributed by atoms with E-state index in [9.17, 15) is 4.79 Å². The van der Waals surface area contributed by atoms with Crippen molar-refractivity contribution in [1.82, 2.24) is 4.90 Å². The van der Waals surface area contributed by atoms with Gasteiger partial charge in [-0.1, -0.05) is 41.9 Å². The van der Waals surface area contributed by atoms with Gasteiger partial charge in [-0.05, 0) is 24.5 Å². The van der Waals surface area contributed by atoms with E-state index in [4.69, 9.17) is 26.8 Å². The van der Waals surface area contributed by atoms with E-state index >= 15 is 0 Å². The first-order valence-corrected chi connectivity index (χ1v) is 10.1. The Labute approximate surface area is 170 Å². The highest BCUT2D eigenvalue weighted by atomic mass is 35.5. The Morgan fingerprint density at radius 2 is 1.86 bits per heavy atom. The van der Waals surface area contributed by atoms with Gasteiger partial charge < -0.3 is 15.2 Å². The number of anilines is 1. The van der Waals surface area contributed by atoms with Crippen LogP contribution < -0.4 is 10.5 Å². The van der Waals surface area contributed by atoms with Gasteiger partial charge in [0.25, 0.3) is 0 Å². The zero-order valence-electron chi connectivity index (χ0n) is 15.9. The van der Waals surface area contributed by atoms with Gasteiger partial charge in [0.2, 0.25) is 0 Å². The summed E-state index contributed by atoms with van der Waals surface area (Å²) < 4.78 is 11.1. The summed E-state index contributed by atoms with van der Waals surface area (Å²) in [4.78, 5) is 15.3. The number of ether oxygens (including phenoxy) is 2. The monoisotopic (exact) mass is 400 g/mol. The Hall–Kier alpha value is -2.24. The predicted octanol–water partition coefficient (Wildman–Crippen LogP) is 4.28. The molecule has 148 valence electrons. The van der Waals surface area contributed by atoms with Crippen LogP contribution in [0.1, 0.15) is 41.6 Å². The standard InChI is InChI=1S/C22H25ClN2O3/c1-27-21-12-20(24)19(23)11-18(21)22(26)28-17-9-15-7-8-16(10-17)25(15)13-14-5-3-2-4-6-14/h2-6,11-12,15-17H,7-10,13,24H2,1H3/t15-,16+,17-. The van der Waals surface area contributed by atoms with Gasteiger partial charge in [0.05, 0.1) is 17.8 Å². The van der Waals surface area contributed by atoms with Gasteiger partial charge >= 0.3 is 5.97 Å². The highest BCUT2D eigenvalue weighted by molar-refractivity contribution is 6.33. The molecule has 2 aliphatic heterocycles. The number of benzene rings is 2. The number of hydrogen-bond donors (Lipinski definition) is 1. The van der Waals surface area contributed by atoms with E-state index in [1.54, 1.807) is 6.07 Å². The summed E-state index contributed by atoms with van der Waals surface area (Å²) >= 11 is 6.09. The lowest BCUT2D eigenvalue weighted by Crippen LogP contribution is -2.45. The quantitative estimate of drug-likeness (QED) is 0.599. The van der Waals surface area contributed by atoms with Gasteiger partial charge in [0.15, 0.2) is 0 Å². The molecule has 2 N–H and O–H groups in total. The fraction of sp³-hybridized carbons (Fsp3) is 0.409. The van der Waals surface area contributed by atoms with Gasteiger partial charge in [0.1, 0.15) is 17.4 Å². The Kier molecular flexibility index (Phi) is 5.47. The van der Waals surface area contributed by atoms with Crippen LogP contribution in [0.25, 0.3) is 0 Å². The van der Waals surface area contributed by atoms with Crippen molar-refractivity contribution in [2.24, 2.45) is 0 Å². The van der Waals surface area contributed by atoms with E-state index in [1.807, 2.05) is 6.07 Å². The number of halogens is 1. The highest BCUT2D eigenvalue weighted by Gasteiger charge is 2.42. The number of piperidine rings is 1. The summed E-state index contributed by atoms with van der Waals surface area (Å²) in [6, 6.07) is 14.5. The molecule has 2 aromatic carbocycles. The number of rotatable bonds is 5. The largest absolute Gasteiger partial charge is 0.496 e. The van der Waals surface area contributed by atoms with Crippen LogP contribution in [-0.2, 0) is 11.3 Å². The van der Waals surface area contributed by atoms with Crippen LogP contribution in [0.2, 0.25) is 5.02 Å². The summed E-state index contributed by atoms with van der Waals surface area (Å²) in [6.45, 7) is 0.957. The molecule has 2 bridgehead atoms. The van der Waals surface area contributed by atoms with Crippen molar-refractivity contribution < 1.29 is 14.3 Å². The van der Waals surface area contributed by atoms with Gasteiger partial charge in [0, 0.05) is 37.5 Å². The molecule has 0 unspecified atom stereocenters. The second-order valence-corrected chi connectivity index (χ2v) is 8.02. The molecule has 2 aliphatic rings. The van der Waals surface area contributed by atoms with Crippen LogP contribution in [0.15, 0.2) is 42.5 Å². The lowest BCUT2D eigenvalue weighted by Gasteiger charge is -2.38. The van der Waals surface area contributed by atoms with Crippen molar-refractivity contribution in [3.05, 3.63) is 58.6 Å². The number of hydrogen-bond acceptors (Lipinski definition) is 5. The maximum atomic E-state index is 12.7. The maximum absolute atomic E-state index is 12.7. The normalized spacial score (nSPS) is 24.1. The molecule has 0 radical (unpaired) electrons. The topological polar surface area (TPSA) is 64.8 Å². The number of carbonyl (C=O) groups excluding carboxylic acids is 1. The Morgan fingerprint density at radius 3 is 2.50 bits per heavy atom. The molecule has 0 spiro atoms. The van der Waals surface area contributed by atoms with E-state index in [0.29, 0.717) is 34.1 Å². The van der Waals surface area contributed by atoms with E-state index in [1.165, 1.54) is 18.7 Å². The third-order valence-electron chi connectivity index (χ3n) is 5.86. The molecule has 2 fully saturated rings. The molecule has 0 saturated carbocycles. The summed E-state index contributed by atoms with van der Waals surface area (Å²) in [5.41, 5.74) is 7.83. The minimum absolute atomic E-state index is 0.0851. The number of esters is 1. The van der Waals surface area contributed by atoms with Crippen molar-refractivity contribution in [3.8, 4) is 5.75 Å². The lowest BCUT2D eigenvalue weighted by atomic mass is 9.98. The van der Waals surface area contributed by atoms with Crippen LogP contribution in [0.3, 0.4) is 0 Å². The molecule has 28 heavy (non-hydrogen) atoms. The molecule has 5 nitrogen and oxygen atoms in total. The van der Waals surface area contributed by atoms with Crippen LogP contribution >= 0.6 is 11.6 Å². The zero-order chi connectivity index (χ0) is 19.7. The average molecular weight is 401 g/mol. The minimum atomic E-state index is -0.403. The third kappa shape index (κ3) is 3.82. The first kappa shape index (κ1) is 19.1. The molecular formula is C22H25ClN2O3. The summed E-state index contributed by atoms with van der Waals surface area (Å²) in [6.07, 6.45) is 3.95. The first-order chi connectivity index (χ1) is 13.5. The molecule has 4 rings (SSSR count). The van der Waals surface area contributed by atoms with Crippen LogP contribution in [0, 0.1) is 0 Å². The predicted molar refractivity (Wildman–Crippen MR) is 110 cm³/mol. The summed E-state index contributed by atoms with van der Waals surface area (Å²) in [5.74, 6) is -0.0176. The Morgan fingerprint density at radius 1 is 1.18 bits per heavy atom. The van der Waals surface area contributed by atoms with Gasteiger partial charge in [-0.2, -0.15) is 0 Å². The fourth-order valence-corrected chi connectivity index (χ4v) is 4.65. The van der Waals surface area contributed by atoms with Crippen LogP contribution in [0.4, 0.5) is 5.69 Å². The van der Waals surface area contributed by atoms with Crippen molar-refractivity contribution in [3.63, 3.8) is 0 Å². The van der Waals surface area contributed by atoms with E-state index < -0.39 is 5.97 Å². The number of methoxy groups -OCH3 is 1. The van der Waals surface area contributed by atoms with Gasteiger partial charge in [-0.3, -0.25) is 4.90 Å². The molecule has 0 amide bonds. The molecule has 2 saturated heterocycles. The fourth-order valence-electron chi connectivity index (χ4n) is 4.49. The number of nitrogen functional groups attached to an aromatic ring is 1. The highest BCUT2D eigenvalue weighted by Crippen LogP contribution is 2.38. The van der Waals surface area contributed by atoms with Gasteiger partial charge in [-0.25, -0.2) is 4.79 Å². The number of carbonyl (C=O) groups is 1. The third-order valence-corrected chi connectivity index (χ3v) is 6.19. The molecular weight excluding hydrogens is 376 g/mol. The summed E-state index contributed by atoms with van der Waals surface area (Å²) in [5, 5.41) is 0.325. The van der Waals surface area contributed by atoms with Crippen molar-refractivity contribution >= 4 is 23.3 Å². The smallest absolute Gasteiger partial charge is 0.342 e. The Balaban J connectivity index is 1.43. The average Bonchev–Trinajstić information content (AvgIpc) is 2.92. The van der Waals surface area contributed by atoms with Crippen molar-refractivity contribution in [1.29, 1.82) is 0 Å². The first-order valence-electron chi connectivity index (χ1n) is 9.69. The molecule has 3 atom stereocenters. The molecule has 0 aromatic heterocycles. The molecule has 6 heteroatoms. The zero-order valence-corrected chi connectivity index (χ0v) is 16.7. The SMILES string of the molecule is COc1cc(N)c(Cl)cc1C(=O)O[C@@H]1C[C@H]2CC[C@@H](C1)N2Cc1ccccc1. The minimum Gasteiger partial charge on any atom is -0.496 e. The number of nitrogens with two attached hydrogens (primary N) is 1. The molecule has 0 aliphatic carbocycles. The van der Waals surface area contributed by atoms with Crippen LogP contribution in [-0.4, -0.2) is 36.2 Å². The second-order valence-electron chi connectivity index (χ2n) is 7.62. The van der Waals surface area contributed by atoms with E-state index in [0.717, 1.165) is 32.2 Å². The van der Waals surface area contributed by atoms with E-state index in [2.05, 4.69) is 29.2 Å². The number of nitrogens with zero attached hydrogens (tertiary/aromatic N) is 1. The molecule has 2 heterocycles. The van der Waals surface area contributed by atoms with Crippen molar-refractivity contribution in [2.45, 2.75) is 50.4 Å². The van der Waals surface area contributed by atoms with Crippen molar-refractivity contribution in [2.75, 3.05) is 12.8 Å². The Bertz CT molecular complexity index is 844. The van der Waals surface area contributed by atoms with Crippen LogP contribution in [0.5, 0.6) is 5.75 Å². The van der Waals surface area contributed by atoms with Gasteiger partial charge in [-0.15, -0.1) is 0 Å². The second kappa shape index (κ2) is 8.02. The number of fused-ring (bicyclic) bond motifs is 2.